The van der Waals surface area contributed by atoms with Gasteiger partial charge >= 0.3 is 18.1 Å². The Bertz CT molecular complexity index is 2710. The van der Waals surface area contributed by atoms with Gasteiger partial charge in [0.05, 0.1) is 90.1 Å². The number of Topliss-reactive ketones (excluding diaryl/α,β-unsaturated/α-hetero) is 1. The maximum atomic E-state index is 15.6. The fourth-order valence-corrected chi connectivity index (χ4v) is 15.1. The van der Waals surface area contributed by atoms with E-state index in [9.17, 15) is 19.8 Å². The molecule has 18 atom stereocenters. The van der Waals surface area contributed by atoms with E-state index in [2.05, 4.69) is 9.88 Å². The zero-order valence-electron chi connectivity index (χ0n) is 54.7. The first kappa shape index (κ1) is 70.5. The van der Waals surface area contributed by atoms with Crippen molar-refractivity contribution in [2.24, 2.45) is 23.7 Å². The number of unbranched alkanes of at least 4 members (excludes halogenated alkanes) is 1. The van der Waals surface area contributed by atoms with Crippen LogP contribution in [-0.2, 0) is 58.8 Å². The van der Waals surface area contributed by atoms with E-state index < -0.39 is 120 Å². The number of carbonyl (C=O) groups is 4. The first-order valence-corrected chi connectivity index (χ1v) is 32.8. The number of benzene rings is 1. The number of carbonyl (C=O) groups excluding carboxylic acids is 4. The Morgan fingerprint density at radius 2 is 1.54 bits per heavy atom. The summed E-state index contributed by atoms with van der Waals surface area (Å²) in [5, 5.41) is 24.5. The van der Waals surface area contributed by atoms with Gasteiger partial charge in [-0.3, -0.25) is 14.6 Å². The predicted octanol–water partition coefficient (Wildman–Crippen LogP) is 9.25. The normalized spacial score (nSPS) is 36.0. The van der Waals surface area contributed by atoms with Gasteiger partial charge in [-0.1, -0.05) is 50.9 Å². The Balaban J connectivity index is 1.12. The maximum absolute atomic E-state index is 15.6. The monoisotopic (exact) mass is 1290 g/mol. The highest BCUT2D eigenvalue weighted by atomic mass is 35.5. The topological polar surface area (TPSA) is 236 Å². The molecule has 6 fully saturated rings. The maximum Gasteiger partial charge on any atom is 0.410 e. The van der Waals surface area contributed by atoms with Crippen molar-refractivity contribution in [3.63, 3.8) is 0 Å². The number of rotatable bonds is 19. The number of anilines is 1. The molecule has 0 bridgehead atoms. The quantitative estimate of drug-likeness (QED) is 0.0984. The van der Waals surface area contributed by atoms with Crippen LogP contribution in [-0.4, -0.2) is 212 Å². The minimum Gasteiger partial charge on any atom is -0.493 e. The van der Waals surface area contributed by atoms with Gasteiger partial charge in [0, 0.05) is 108 Å². The average molecular weight is 1290 g/mol. The number of cyclic esters (lactones) is 1. The summed E-state index contributed by atoms with van der Waals surface area (Å²) in [6, 6.07) is 3.89. The van der Waals surface area contributed by atoms with E-state index in [0.29, 0.717) is 85.8 Å². The van der Waals surface area contributed by atoms with Crippen molar-refractivity contribution >= 4 is 52.8 Å². The van der Waals surface area contributed by atoms with Crippen molar-refractivity contribution in [3.05, 3.63) is 46.2 Å². The molecule has 6 heterocycles. The van der Waals surface area contributed by atoms with E-state index in [0.717, 1.165) is 31.4 Å². The minimum absolute atomic E-state index is 0.0465. The van der Waals surface area contributed by atoms with Crippen LogP contribution < -0.4 is 14.4 Å². The molecule has 0 radical (unpaired) electrons. The number of ether oxygens (including phenoxy) is 11. The predicted molar refractivity (Wildman–Crippen MR) is 332 cm³/mol. The molecule has 1 saturated carbocycles. The second-order valence-electron chi connectivity index (χ2n) is 26.2. The molecule has 22 nitrogen and oxygen atoms in total. The van der Waals surface area contributed by atoms with Gasteiger partial charge in [-0.25, -0.2) is 9.59 Å². The van der Waals surface area contributed by atoms with E-state index in [1.165, 1.54) is 19.1 Å². The molecule has 2 aromatic rings. The lowest BCUT2D eigenvalue weighted by molar-refractivity contribution is -0.319. The van der Waals surface area contributed by atoms with Crippen molar-refractivity contribution < 1.29 is 81.5 Å². The summed E-state index contributed by atoms with van der Waals surface area (Å²) in [5.74, 6) is -3.25. The molecule has 3 amide bonds. The lowest BCUT2D eigenvalue weighted by Gasteiger charge is -2.50. The number of hydrogen-bond acceptors (Lipinski definition) is 19. The Labute approximate surface area is 536 Å². The highest BCUT2D eigenvalue weighted by Gasteiger charge is 2.61. The van der Waals surface area contributed by atoms with Gasteiger partial charge in [0.15, 0.2) is 29.7 Å². The molecule has 2 N–H and O–H groups in total. The number of fused-ring (bicyclic) bond motifs is 1. The molecule has 0 unspecified atom stereocenters. The molecule has 1 aromatic carbocycles. The Hall–Kier alpha value is -4.33. The Morgan fingerprint density at radius 1 is 0.865 bits per heavy atom. The Kier molecular flexibility index (Phi) is 23.9. The van der Waals surface area contributed by atoms with Gasteiger partial charge in [0.2, 0.25) is 0 Å². The van der Waals surface area contributed by atoms with Crippen LogP contribution in [0.4, 0.5) is 15.3 Å². The van der Waals surface area contributed by atoms with Crippen LogP contribution in [0.25, 0.3) is 0 Å². The second kappa shape index (κ2) is 30.2. The third kappa shape index (κ3) is 15.5. The van der Waals surface area contributed by atoms with Crippen molar-refractivity contribution in [1.29, 1.82) is 0 Å². The van der Waals surface area contributed by atoms with Crippen LogP contribution in [0.2, 0.25) is 10.0 Å². The number of morpholine rings is 1. The molecule has 24 heteroatoms. The molecule has 8 rings (SSSR count). The van der Waals surface area contributed by atoms with E-state index in [-0.39, 0.29) is 43.7 Å². The highest BCUT2D eigenvalue weighted by Crippen LogP contribution is 2.46. The summed E-state index contributed by atoms with van der Waals surface area (Å²) in [6.45, 7) is 20.4. The molecular formula is C65H99Cl2N5O17. The number of pyridine rings is 1. The van der Waals surface area contributed by atoms with Crippen molar-refractivity contribution in [2.75, 3.05) is 72.7 Å². The highest BCUT2D eigenvalue weighted by molar-refractivity contribution is 6.35. The lowest BCUT2D eigenvalue weighted by Crippen LogP contribution is -2.63. The molecule has 5 saturated heterocycles. The molecule has 6 aliphatic rings. The lowest BCUT2D eigenvalue weighted by atomic mass is 9.73. The number of likely N-dealkylation sites (N-methyl/N-ethyl adjacent to an activating group) is 1. The largest absolute Gasteiger partial charge is 0.493 e. The van der Waals surface area contributed by atoms with Gasteiger partial charge in [0.1, 0.15) is 24.1 Å². The zero-order valence-corrected chi connectivity index (χ0v) is 56.2. The number of amides is 3. The van der Waals surface area contributed by atoms with E-state index >= 15 is 9.59 Å². The first-order chi connectivity index (χ1) is 42.2. The van der Waals surface area contributed by atoms with Crippen molar-refractivity contribution in [3.8, 4) is 11.5 Å². The molecule has 0 spiro atoms. The van der Waals surface area contributed by atoms with Crippen LogP contribution in [0.5, 0.6) is 11.5 Å². The molecule has 1 aromatic heterocycles. The third-order valence-corrected chi connectivity index (χ3v) is 20.7. The number of halogens is 2. The van der Waals surface area contributed by atoms with Gasteiger partial charge in [-0.05, 0) is 111 Å². The van der Waals surface area contributed by atoms with Crippen LogP contribution >= 0.6 is 23.2 Å². The third-order valence-electron chi connectivity index (χ3n) is 20.0. The molecule has 5 aliphatic heterocycles. The second-order valence-corrected chi connectivity index (χ2v) is 27.1. The van der Waals surface area contributed by atoms with Crippen molar-refractivity contribution in [1.82, 2.24) is 19.7 Å². The van der Waals surface area contributed by atoms with Crippen molar-refractivity contribution in [2.45, 2.75) is 230 Å². The standard InChI is InChI=1S/C65H99Cl2N5O17/c1-15-51-65(10)56(72(62(78)89-65)25-19-18-24-71(36-45-46(66)34-68-35-47(45)67)43-22-23-49(79-12)50(31-43)85-44-20-16-17-21-44)39(4)53(73)37(2)32-64(9,81-14)58(88-60-54(74)48(30-38(3)83-60)69(11)61(77)70-26-28-82-29-27-70)40(5)55(41(6)59(76)86-51)87-52-33-63(8,80-13)57(75)42(7)84-52/h22-23,31,34-35,37-42,44,48,51-52,54-58,60,74-75H,15-21,24-30,32-33,36H2,1-14H3/t37-,38-,39+,40+,41-,42+,48+,51-,52+,54-,55+,56-,57+,58-,60+,63-,64-,65-/m1/s1. The van der Waals surface area contributed by atoms with Crippen LogP contribution in [0.3, 0.4) is 0 Å². The summed E-state index contributed by atoms with van der Waals surface area (Å²) in [5.41, 5.74) is -2.52. The zero-order chi connectivity index (χ0) is 64.9. The summed E-state index contributed by atoms with van der Waals surface area (Å²) < 4.78 is 70.4. The molecular weight excluding hydrogens is 1190 g/mol. The number of ketones is 1. The van der Waals surface area contributed by atoms with E-state index in [1.54, 1.807) is 71.0 Å². The van der Waals surface area contributed by atoms with Crippen LogP contribution in [0, 0.1) is 23.7 Å². The van der Waals surface area contributed by atoms with Crippen LogP contribution in [0.15, 0.2) is 30.6 Å². The van der Waals surface area contributed by atoms with Gasteiger partial charge in [-0.15, -0.1) is 0 Å². The van der Waals surface area contributed by atoms with Crippen LogP contribution in [0.1, 0.15) is 139 Å². The summed E-state index contributed by atoms with van der Waals surface area (Å²) >= 11 is 13.5. The number of aliphatic hydroxyl groups is 2. The average Bonchev–Trinajstić information content (AvgIpc) is 1.83. The number of esters is 1. The summed E-state index contributed by atoms with van der Waals surface area (Å²) in [7, 11) is 6.30. The van der Waals surface area contributed by atoms with E-state index in [4.69, 9.17) is 75.3 Å². The molecule has 500 valence electrons. The number of methoxy groups -OCH3 is 3. The van der Waals surface area contributed by atoms with Gasteiger partial charge in [0.25, 0.3) is 0 Å². The fraction of sp³-hybridized carbons (Fsp3) is 0.769. The number of urea groups is 1. The van der Waals surface area contributed by atoms with Gasteiger partial charge < -0.3 is 81.9 Å². The van der Waals surface area contributed by atoms with E-state index in [1.807, 2.05) is 52.8 Å². The number of nitrogens with zero attached hydrogens (tertiary/aromatic N) is 5. The summed E-state index contributed by atoms with van der Waals surface area (Å²) in [4.78, 5) is 70.8. The fourth-order valence-electron chi connectivity index (χ4n) is 14.7. The smallest absolute Gasteiger partial charge is 0.410 e. The summed E-state index contributed by atoms with van der Waals surface area (Å²) in [6.07, 6.45) is -1.05. The van der Waals surface area contributed by atoms with Gasteiger partial charge in [-0.2, -0.15) is 0 Å². The molecule has 89 heavy (non-hydrogen) atoms. The number of aliphatic hydroxyl groups excluding tert-OH is 2. The number of hydrogen-bond donors (Lipinski definition) is 2. The Morgan fingerprint density at radius 3 is 2.18 bits per heavy atom. The minimum atomic E-state index is -1.53. The molecule has 1 aliphatic carbocycles. The first-order valence-electron chi connectivity index (χ1n) is 32.0. The SMILES string of the molecule is CC[C@H]1OC(=O)[C@H](C)[C@@H](O[C@H]2C[C@@](C)(OC)[C@@H](O)[C@H](C)O2)[C@H](C)[C@@H](O[C@@H]2O[C@H](C)C[C@H](N(C)C(=O)N3CCOCC3)[C@H]2O)[C@](C)(OC)C[C@@H](C)C(=O)[C@H](C)[C@H]2N(CCCCN(Cc3c(Cl)cncc3Cl)c3ccc(OC)c(OC4CCCC4)c3)C(=O)O[C@]12C. The number of aromatic nitrogens is 1.